The maximum atomic E-state index is 9.60. The van der Waals surface area contributed by atoms with Gasteiger partial charge in [0.25, 0.3) is 0 Å². The van der Waals surface area contributed by atoms with E-state index in [1.165, 1.54) is 0 Å². The van der Waals surface area contributed by atoms with Crippen LogP contribution < -0.4 is 0 Å². The molecule has 1 saturated heterocycles. The molecule has 0 unspecified atom stereocenters. The molecule has 124 valence electrons. The molecule has 2 heterocycles. The number of benzene rings is 1. The van der Waals surface area contributed by atoms with Crippen molar-refractivity contribution in [2.75, 3.05) is 19.7 Å². The van der Waals surface area contributed by atoms with Gasteiger partial charge in [0.15, 0.2) is 0 Å². The summed E-state index contributed by atoms with van der Waals surface area (Å²) in [4.78, 5) is 6.77. The van der Waals surface area contributed by atoms with Crippen LogP contribution in [0.4, 0.5) is 0 Å². The third-order valence-corrected chi connectivity index (χ3v) is 5.15. The van der Waals surface area contributed by atoms with Crippen molar-refractivity contribution in [3.05, 3.63) is 35.2 Å². The van der Waals surface area contributed by atoms with Crippen molar-refractivity contribution in [2.45, 2.75) is 32.7 Å². The number of likely N-dealkylation sites (tertiary alicyclic amines) is 1. The fourth-order valence-corrected chi connectivity index (χ4v) is 3.25. The van der Waals surface area contributed by atoms with Gasteiger partial charge in [0.1, 0.15) is 0 Å². The Morgan fingerprint density at radius 2 is 2.13 bits per heavy atom. The maximum Gasteiger partial charge on any atom is 0.241 e. The standard InChI is InChI=1S/C17H22ClN3O2/c1-2-17(12-22)6-8-21(9-7-17)11-15-19-16(20-23-15)13-4-3-5-14(18)10-13/h3-5,10,22H,2,6-9,11-12H2,1H3. The van der Waals surface area contributed by atoms with Gasteiger partial charge in [-0.25, -0.2) is 0 Å². The summed E-state index contributed by atoms with van der Waals surface area (Å²) in [5, 5.41) is 14.3. The van der Waals surface area contributed by atoms with Crippen LogP contribution in [0.1, 0.15) is 32.1 Å². The lowest BCUT2D eigenvalue weighted by Crippen LogP contribution is -2.41. The summed E-state index contributed by atoms with van der Waals surface area (Å²) >= 11 is 6.00. The maximum absolute atomic E-state index is 9.60. The van der Waals surface area contributed by atoms with Crippen LogP contribution in [0.15, 0.2) is 28.8 Å². The van der Waals surface area contributed by atoms with Crippen molar-refractivity contribution in [3.8, 4) is 11.4 Å². The van der Waals surface area contributed by atoms with E-state index in [9.17, 15) is 5.11 Å². The summed E-state index contributed by atoms with van der Waals surface area (Å²) in [6, 6.07) is 7.44. The summed E-state index contributed by atoms with van der Waals surface area (Å²) in [6.45, 7) is 4.98. The average molecular weight is 336 g/mol. The van der Waals surface area contributed by atoms with Crippen LogP contribution in [0, 0.1) is 5.41 Å². The molecule has 0 amide bonds. The average Bonchev–Trinajstić information content (AvgIpc) is 3.04. The van der Waals surface area contributed by atoms with E-state index in [0.29, 0.717) is 23.3 Å². The molecule has 0 spiro atoms. The van der Waals surface area contributed by atoms with Crippen LogP contribution in [0.25, 0.3) is 11.4 Å². The van der Waals surface area contributed by atoms with E-state index in [2.05, 4.69) is 22.0 Å². The highest BCUT2D eigenvalue weighted by Gasteiger charge is 2.32. The zero-order valence-electron chi connectivity index (χ0n) is 13.3. The molecule has 0 aliphatic carbocycles. The molecule has 5 nitrogen and oxygen atoms in total. The molecule has 1 fully saturated rings. The van der Waals surface area contributed by atoms with Crippen LogP contribution in [0.5, 0.6) is 0 Å². The van der Waals surface area contributed by atoms with Crippen LogP contribution in [0.3, 0.4) is 0 Å². The number of aromatic nitrogens is 2. The summed E-state index contributed by atoms with van der Waals surface area (Å²) in [7, 11) is 0. The minimum atomic E-state index is 0.0945. The van der Waals surface area contributed by atoms with Crippen molar-refractivity contribution in [1.29, 1.82) is 0 Å². The molecule has 0 radical (unpaired) electrons. The third kappa shape index (κ3) is 3.74. The fraction of sp³-hybridized carbons (Fsp3) is 0.529. The Labute approximate surface area is 141 Å². The number of nitrogens with zero attached hydrogens (tertiary/aromatic N) is 3. The quantitative estimate of drug-likeness (QED) is 0.907. The number of hydrogen-bond acceptors (Lipinski definition) is 5. The molecule has 0 atom stereocenters. The van der Waals surface area contributed by atoms with Crippen LogP contribution >= 0.6 is 11.6 Å². The zero-order chi connectivity index (χ0) is 16.3. The van der Waals surface area contributed by atoms with Gasteiger partial charge in [-0.05, 0) is 49.9 Å². The van der Waals surface area contributed by atoms with Crippen molar-refractivity contribution >= 4 is 11.6 Å². The molecule has 0 saturated carbocycles. The number of rotatable bonds is 5. The van der Waals surface area contributed by atoms with E-state index < -0.39 is 0 Å². The van der Waals surface area contributed by atoms with Gasteiger partial charge >= 0.3 is 0 Å². The second-order valence-corrected chi connectivity index (χ2v) is 6.75. The predicted molar refractivity (Wildman–Crippen MR) is 89.1 cm³/mol. The minimum Gasteiger partial charge on any atom is -0.396 e. The van der Waals surface area contributed by atoms with E-state index in [4.69, 9.17) is 16.1 Å². The van der Waals surface area contributed by atoms with Gasteiger partial charge in [-0.3, -0.25) is 4.90 Å². The first kappa shape index (κ1) is 16.4. The van der Waals surface area contributed by atoms with E-state index in [1.54, 1.807) is 0 Å². The Bertz CT molecular complexity index is 645. The van der Waals surface area contributed by atoms with Gasteiger partial charge in [-0.1, -0.05) is 35.8 Å². The highest BCUT2D eigenvalue weighted by atomic mass is 35.5. The molecule has 1 aliphatic heterocycles. The first-order valence-electron chi connectivity index (χ1n) is 8.06. The van der Waals surface area contributed by atoms with Crippen LogP contribution in [-0.4, -0.2) is 39.8 Å². The van der Waals surface area contributed by atoms with Crippen molar-refractivity contribution in [2.24, 2.45) is 5.41 Å². The zero-order valence-corrected chi connectivity index (χ0v) is 14.1. The molecule has 23 heavy (non-hydrogen) atoms. The fourth-order valence-electron chi connectivity index (χ4n) is 3.06. The molecule has 2 aromatic rings. The largest absolute Gasteiger partial charge is 0.396 e. The van der Waals surface area contributed by atoms with Gasteiger partial charge in [0.05, 0.1) is 6.54 Å². The monoisotopic (exact) mass is 335 g/mol. The van der Waals surface area contributed by atoms with Gasteiger partial charge < -0.3 is 9.63 Å². The van der Waals surface area contributed by atoms with Gasteiger partial charge in [-0.15, -0.1) is 0 Å². The van der Waals surface area contributed by atoms with E-state index in [-0.39, 0.29) is 12.0 Å². The van der Waals surface area contributed by atoms with Crippen molar-refractivity contribution < 1.29 is 9.63 Å². The number of aliphatic hydroxyl groups excluding tert-OH is 1. The molecule has 3 rings (SSSR count). The lowest BCUT2D eigenvalue weighted by Gasteiger charge is -2.39. The SMILES string of the molecule is CCC1(CO)CCN(Cc2nc(-c3cccc(Cl)c3)no2)CC1. The molecule has 6 heteroatoms. The number of piperidine rings is 1. The van der Waals surface area contributed by atoms with Gasteiger partial charge in [0, 0.05) is 17.2 Å². The molecular formula is C17H22ClN3O2. The van der Waals surface area contributed by atoms with Crippen molar-refractivity contribution in [3.63, 3.8) is 0 Å². The third-order valence-electron chi connectivity index (χ3n) is 4.91. The molecule has 1 aromatic carbocycles. The Balaban J connectivity index is 1.62. The number of hydrogen-bond donors (Lipinski definition) is 1. The Morgan fingerprint density at radius 3 is 2.78 bits per heavy atom. The summed E-state index contributed by atoms with van der Waals surface area (Å²) < 4.78 is 5.37. The smallest absolute Gasteiger partial charge is 0.241 e. The first-order chi connectivity index (χ1) is 11.1. The summed E-state index contributed by atoms with van der Waals surface area (Å²) in [5.41, 5.74) is 0.952. The summed E-state index contributed by atoms with van der Waals surface area (Å²) in [6.07, 6.45) is 3.04. The molecule has 0 bridgehead atoms. The minimum absolute atomic E-state index is 0.0945. The van der Waals surface area contributed by atoms with Crippen LogP contribution in [-0.2, 0) is 6.54 Å². The first-order valence-corrected chi connectivity index (χ1v) is 8.44. The second-order valence-electron chi connectivity index (χ2n) is 6.31. The highest BCUT2D eigenvalue weighted by Crippen LogP contribution is 2.34. The number of halogens is 1. The topological polar surface area (TPSA) is 62.4 Å². The molecular weight excluding hydrogens is 314 g/mol. The second kappa shape index (κ2) is 6.99. The molecule has 1 aliphatic rings. The Kier molecular flexibility index (Phi) is 4.99. The normalized spacial score (nSPS) is 18.2. The van der Waals surface area contributed by atoms with Crippen LogP contribution in [0.2, 0.25) is 5.02 Å². The van der Waals surface area contributed by atoms with E-state index >= 15 is 0 Å². The molecule has 1 N–H and O–H groups in total. The molecule has 1 aromatic heterocycles. The van der Waals surface area contributed by atoms with Gasteiger partial charge in [-0.2, -0.15) is 4.98 Å². The van der Waals surface area contributed by atoms with E-state index in [0.717, 1.165) is 37.9 Å². The lowest BCUT2D eigenvalue weighted by atomic mass is 9.77. The lowest BCUT2D eigenvalue weighted by molar-refractivity contribution is 0.0348. The van der Waals surface area contributed by atoms with Crippen molar-refractivity contribution in [1.82, 2.24) is 15.0 Å². The predicted octanol–water partition coefficient (Wildman–Crippen LogP) is 3.37. The van der Waals surface area contributed by atoms with E-state index in [1.807, 2.05) is 24.3 Å². The van der Waals surface area contributed by atoms with Gasteiger partial charge in [0.2, 0.25) is 11.7 Å². The number of aliphatic hydroxyl groups is 1. The Morgan fingerprint density at radius 1 is 1.35 bits per heavy atom. The highest BCUT2D eigenvalue weighted by molar-refractivity contribution is 6.30. The summed E-state index contributed by atoms with van der Waals surface area (Å²) in [5.74, 6) is 1.19. The Hall–Kier alpha value is -1.43.